The summed E-state index contributed by atoms with van der Waals surface area (Å²) in [6.45, 7) is 1.32. The van der Waals surface area contributed by atoms with Gasteiger partial charge in [0.25, 0.3) is 0 Å². The van der Waals surface area contributed by atoms with Crippen LogP contribution in [0.2, 0.25) is 0 Å². The second-order valence-electron chi connectivity index (χ2n) is 7.11. The highest BCUT2D eigenvalue weighted by atomic mass is 16.3. The van der Waals surface area contributed by atoms with Crippen molar-refractivity contribution < 1.29 is 9.90 Å². The molecule has 0 bridgehead atoms. The Morgan fingerprint density at radius 3 is 2.67 bits per heavy atom. The number of nitrogens with zero attached hydrogens (tertiary/aromatic N) is 2. The molecule has 2 aromatic carbocycles. The molecule has 3 rings (SSSR count). The van der Waals surface area contributed by atoms with Crippen molar-refractivity contribution in [2.45, 2.75) is 19.3 Å². The van der Waals surface area contributed by atoms with Crippen molar-refractivity contribution in [3.63, 3.8) is 0 Å². The van der Waals surface area contributed by atoms with Gasteiger partial charge in [-0.2, -0.15) is 5.26 Å². The average Bonchev–Trinajstić information content (AvgIpc) is 3.12. The highest BCUT2D eigenvalue weighted by Gasteiger charge is 2.34. The van der Waals surface area contributed by atoms with Crippen molar-refractivity contribution in [1.82, 2.24) is 4.90 Å². The minimum absolute atomic E-state index is 0.101. The van der Waals surface area contributed by atoms with Crippen molar-refractivity contribution >= 4 is 11.7 Å². The van der Waals surface area contributed by atoms with Crippen molar-refractivity contribution in [3.8, 4) is 6.07 Å². The van der Waals surface area contributed by atoms with Gasteiger partial charge in [0.05, 0.1) is 11.6 Å². The minimum Gasteiger partial charge on any atom is -0.396 e. The van der Waals surface area contributed by atoms with E-state index in [0.717, 1.165) is 19.3 Å². The lowest BCUT2D eigenvalue weighted by Gasteiger charge is -2.17. The monoisotopic (exact) mass is 363 g/mol. The van der Waals surface area contributed by atoms with Gasteiger partial charge in [0.1, 0.15) is 0 Å². The number of urea groups is 1. The van der Waals surface area contributed by atoms with Gasteiger partial charge in [-0.15, -0.1) is 0 Å². The third kappa shape index (κ3) is 5.08. The van der Waals surface area contributed by atoms with Crippen molar-refractivity contribution in [2.75, 3.05) is 25.0 Å². The Hall–Kier alpha value is -2.84. The van der Waals surface area contributed by atoms with E-state index in [-0.39, 0.29) is 18.6 Å². The van der Waals surface area contributed by atoms with E-state index in [1.165, 1.54) is 5.56 Å². The standard InChI is InChI=1S/C22H25N3O2/c23-13-18-9-5-11-21(12-18)24-22(27)25-14-19(20(15-25)16-26)10-4-8-17-6-2-1-3-7-17/h1-3,5-7,9,11-12,19-20,26H,4,8,10,14-16H2,(H,24,27)/t19-,20-/m1/s1. The zero-order valence-electron chi connectivity index (χ0n) is 15.3. The molecule has 1 saturated heterocycles. The number of hydrogen-bond acceptors (Lipinski definition) is 3. The van der Waals surface area contributed by atoms with Gasteiger partial charge in [-0.1, -0.05) is 36.4 Å². The van der Waals surface area contributed by atoms with Crippen LogP contribution in [-0.4, -0.2) is 35.7 Å². The van der Waals surface area contributed by atoms with Crippen LogP contribution in [0.3, 0.4) is 0 Å². The van der Waals surface area contributed by atoms with Crippen LogP contribution in [0.5, 0.6) is 0 Å². The van der Waals surface area contributed by atoms with Crippen LogP contribution in [0.4, 0.5) is 10.5 Å². The fraction of sp³-hybridized carbons (Fsp3) is 0.364. The number of benzene rings is 2. The van der Waals surface area contributed by atoms with Gasteiger partial charge in [0, 0.05) is 31.3 Å². The first-order chi connectivity index (χ1) is 13.2. The number of amides is 2. The third-order valence-corrected chi connectivity index (χ3v) is 5.22. The highest BCUT2D eigenvalue weighted by molar-refractivity contribution is 5.89. The lowest BCUT2D eigenvalue weighted by molar-refractivity contribution is 0.195. The molecule has 1 heterocycles. The fourth-order valence-electron chi connectivity index (χ4n) is 3.72. The number of aryl methyl sites for hydroxylation is 1. The number of carbonyl (C=O) groups excluding carboxylic acids is 1. The number of hydrogen-bond donors (Lipinski definition) is 2. The second-order valence-corrected chi connectivity index (χ2v) is 7.11. The molecule has 5 nitrogen and oxygen atoms in total. The predicted molar refractivity (Wildman–Crippen MR) is 105 cm³/mol. The van der Waals surface area contributed by atoms with E-state index < -0.39 is 0 Å². The minimum atomic E-state index is -0.172. The van der Waals surface area contributed by atoms with Crippen LogP contribution < -0.4 is 5.32 Å². The summed E-state index contributed by atoms with van der Waals surface area (Å²) < 4.78 is 0. The van der Waals surface area contributed by atoms with Crippen LogP contribution in [-0.2, 0) is 6.42 Å². The Kier molecular flexibility index (Phi) is 6.45. The predicted octanol–water partition coefficient (Wildman–Crippen LogP) is 3.65. The quantitative estimate of drug-likeness (QED) is 0.822. The largest absolute Gasteiger partial charge is 0.396 e. The highest BCUT2D eigenvalue weighted by Crippen LogP contribution is 2.28. The smallest absolute Gasteiger partial charge is 0.321 e. The van der Waals surface area contributed by atoms with E-state index in [9.17, 15) is 9.90 Å². The fourth-order valence-corrected chi connectivity index (χ4v) is 3.72. The zero-order valence-corrected chi connectivity index (χ0v) is 15.3. The molecule has 2 atom stereocenters. The first-order valence-corrected chi connectivity index (χ1v) is 9.40. The lowest BCUT2D eigenvalue weighted by Crippen LogP contribution is -2.33. The SMILES string of the molecule is N#Cc1cccc(NC(=O)N2C[C@@H](CCCc3ccccc3)[C@@H](CO)C2)c1. The summed E-state index contributed by atoms with van der Waals surface area (Å²) in [5.41, 5.74) is 2.45. The summed E-state index contributed by atoms with van der Waals surface area (Å²) in [4.78, 5) is 14.3. The molecule has 1 aliphatic heterocycles. The molecule has 2 aromatic rings. The first-order valence-electron chi connectivity index (χ1n) is 9.40. The molecule has 0 unspecified atom stereocenters. The van der Waals surface area contributed by atoms with Crippen molar-refractivity contribution in [3.05, 3.63) is 65.7 Å². The summed E-state index contributed by atoms with van der Waals surface area (Å²) in [6, 6.07) is 19.2. The number of carbonyl (C=O) groups is 1. The van der Waals surface area contributed by atoms with E-state index >= 15 is 0 Å². The van der Waals surface area contributed by atoms with E-state index in [2.05, 4.69) is 35.7 Å². The van der Waals surface area contributed by atoms with Gasteiger partial charge in [0.2, 0.25) is 0 Å². The van der Waals surface area contributed by atoms with Gasteiger partial charge in [0.15, 0.2) is 0 Å². The molecular weight excluding hydrogens is 338 g/mol. The van der Waals surface area contributed by atoms with Gasteiger partial charge in [-0.3, -0.25) is 0 Å². The Labute approximate surface area is 160 Å². The van der Waals surface area contributed by atoms with Crippen LogP contribution >= 0.6 is 0 Å². The van der Waals surface area contributed by atoms with Crippen LogP contribution in [0.15, 0.2) is 54.6 Å². The normalized spacial score (nSPS) is 18.9. The van der Waals surface area contributed by atoms with E-state index in [1.807, 2.05) is 6.07 Å². The first kappa shape index (κ1) is 18.9. The maximum absolute atomic E-state index is 12.6. The molecule has 1 aliphatic rings. The second kappa shape index (κ2) is 9.20. The van der Waals surface area contributed by atoms with E-state index in [4.69, 9.17) is 5.26 Å². The molecule has 27 heavy (non-hydrogen) atoms. The van der Waals surface area contributed by atoms with Crippen molar-refractivity contribution in [2.24, 2.45) is 11.8 Å². The molecule has 0 saturated carbocycles. The molecule has 2 N–H and O–H groups in total. The number of likely N-dealkylation sites (tertiary alicyclic amines) is 1. The van der Waals surface area contributed by atoms with Gasteiger partial charge in [-0.25, -0.2) is 4.79 Å². The van der Waals surface area contributed by atoms with Crippen LogP contribution in [0.1, 0.15) is 24.0 Å². The summed E-state index contributed by atoms with van der Waals surface area (Å²) in [7, 11) is 0. The summed E-state index contributed by atoms with van der Waals surface area (Å²) in [5, 5.41) is 21.5. The number of aliphatic hydroxyl groups excluding tert-OH is 1. The number of anilines is 1. The number of nitriles is 1. The van der Waals surface area contributed by atoms with Gasteiger partial charge >= 0.3 is 6.03 Å². The van der Waals surface area contributed by atoms with Gasteiger partial charge < -0.3 is 15.3 Å². The molecule has 1 fully saturated rings. The molecule has 0 aliphatic carbocycles. The van der Waals surface area contributed by atoms with Crippen molar-refractivity contribution in [1.29, 1.82) is 5.26 Å². The van der Waals surface area contributed by atoms with Gasteiger partial charge in [-0.05, 0) is 48.9 Å². The maximum atomic E-state index is 12.6. The summed E-state index contributed by atoms with van der Waals surface area (Å²) >= 11 is 0. The molecule has 0 spiro atoms. The molecule has 0 radical (unpaired) electrons. The Bertz CT molecular complexity index is 801. The molecule has 5 heteroatoms. The van der Waals surface area contributed by atoms with E-state index in [0.29, 0.717) is 30.3 Å². The molecular formula is C22H25N3O2. The molecule has 0 aromatic heterocycles. The topological polar surface area (TPSA) is 76.4 Å². The average molecular weight is 363 g/mol. The van der Waals surface area contributed by atoms with E-state index in [1.54, 1.807) is 29.2 Å². The number of nitrogens with one attached hydrogen (secondary N) is 1. The lowest BCUT2D eigenvalue weighted by atomic mass is 9.91. The maximum Gasteiger partial charge on any atom is 0.321 e. The third-order valence-electron chi connectivity index (χ3n) is 5.22. The Balaban J connectivity index is 1.53. The zero-order chi connectivity index (χ0) is 19.1. The molecule has 2 amide bonds. The number of aliphatic hydroxyl groups is 1. The van der Waals surface area contributed by atoms with Crippen LogP contribution in [0, 0.1) is 23.2 Å². The summed E-state index contributed by atoms with van der Waals surface area (Å²) in [5.74, 6) is 0.437. The Morgan fingerprint density at radius 1 is 1.15 bits per heavy atom. The van der Waals surface area contributed by atoms with Crippen LogP contribution in [0.25, 0.3) is 0 Å². The summed E-state index contributed by atoms with van der Waals surface area (Å²) in [6.07, 6.45) is 3.06. The number of rotatable bonds is 6. The Morgan fingerprint density at radius 2 is 1.93 bits per heavy atom. The molecule has 140 valence electrons.